The van der Waals surface area contributed by atoms with E-state index in [1.165, 1.54) is 0 Å². The Morgan fingerprint density at radius 2 is 2.13 bits per heavy atom. The Kier molecular flexibility index (Phi) is 6.39. The highest BCUT2D eigenvalue weighted by Crippen LogP contribution is 2.31. The van der Waals surface area contributed by atoms with Gasteiger partial charge in [-0.1, -0.05) is 25.1 Å². The molecule has 9 nitrogen and oxygen atoms in total. The fraction of sp³-hybridized carbons (Fsp3) is 0.545. The number of amides is 1. The zero-order valence-electron chi connectivity index (χ0n) is 18.5. The van der Waals surface area contributed by atoms with Crippen LogP contribution < -0.4 is 15.4 Å². The van der Waals surface area contributed by atoms with Gasteiger partial charge >= 0.3 is 0 Å². The van der Waals surface area contributed by atoms with Crippen molar-refractivity contribution in [2.75, 3.05) is 27.2 Å². The van der Waals surface area contributed by atoms with Gasteiger partial charge in [0.1, 0.15) is 18.1 Å². The molecule has 0 radical (unpaired) electrons. The number of likely N-dealkylation sites (N-methyl/N-ethyl adjacent to an activating group) is 1. The van der Waals surface area contributed by atoms with E-state index >= 15 is 0 Å². The monoisotopic (exact) mass is 425 g/mol. The van der Waals surface area contributed by atoms with E-state index in [4.69, 9.17) is 4.74 Å². The Labute approximate surface area is 182 Å². The summed E-state index contributed by atoms with van der Waals surface area (Å²) in [6.45, 7) is 3.53. The molecule has 2 N–H and O–H groups in total. The van der Waals surface area contributed by atoms with Crippen LogP contribution in [0.25, 0.3) is 0 Å². The van der Waals surface area contributed by atoms with E-state index in [0.717, 1.165) is 55.2 Å². The highest BCUT2D eigenvalue weighted by atomic mass is 16.5. The van der Waals surface area contributed by atoms with E-state index in [-0.39, 0.29) is 24.5 Å². The number of benzene rings is 1. The van der Waals surface area contributed by atoms with E-state index < -0.39 is 0 Å². The molecule has 31 heavy (non-hydrogen) atoms. The standard InChI is InChI=1S/C22H31N7O2/c1-4-19-26-20-10-9-15(14-29(20)27-19)24-22(23-13-21(30)28(2)3)25-17-11-12-31-18-8-6-5-7-16(17)18/h5-8,15,17H,4,9-14H2,1-3H3,(H2,23,24,25). The van der Waals surface area contributed by atoms with Crippen molar-refractivity contribution in [3.8, 4) is 5.75 Å². The molecule has 0 aliphatic carbocycles. The van der Waals surface area contributed by atoms with E-state index in [1.807, 2.05) is 22.9 Å². The number of rotatable bonds is 5. The van der Waals surface area contributed by atoms with Crippen LogP contribution in [0.15, 0.2) is 29.3 Å². The molecule has 1 aromatic heterocycles. The van der Waals surface area contributed by atoms with E-state index in [1.54, 1.807) is 19.0 Å². The molecule has 0 saturated heterocycles. The summed E-state index contributed by atoms with van der Waals surface area (Å²) in [5.74, 6) is 3.43. The molecule has 3 heterocycles. The van der Waals surface area contributed by atoms with Gasteiger partial charge in [0, 0.05) is 45.0 Å². The average Bonchev–Trinajstić information content (AvgIpc) is 3.20. The summed E-state index contributed by atoms with van der Waals surface area (Å²) in [6, 6.07) is 8.29. The Balaban J connectivity index is 1.50. The smallest absolute Gasteiger partial charge is 0.243 e. The third kappa shape index (κ3) is 4.98. The second kappa shape index (κ2) is 9.36. The second-order valence-electron chi connectivity index (χ2n) is 8.18. The fourth-order valence-corrected chi connectivity index (χ4v) is 3.90. The quantitative estimate of drug-likeness (QED) is 0.554. The predicted octanol–water partition coefficient (Wildman–Crippen LogP) is 1.30. The predicted molar refractivity (Wildman–Crippen MR) is 118 cm³/mol. The molecule has 2 aromatic rings. The molecule has 0 bridgehead atoms. The molecule has 1 aromatic carbocycles. The van der Waals surface area contributed by atoms with Crippen LogP contribution in [0.2, 0.25) is 0 Å². The molecule has 2 aliphatic rings. The number of guanidine groups is 1. The lowest BCUT2D eigenvalue weighted by Crippen LogP contribution is -2.49. The highest BCUT2D eigenvalue weighted by molar-refractivity contribution is 5.85. The molecule has 9 heteroatoms. The molecule has 2 atom stereocenters. The van der Waals surface area contributed by atoms with Crippen LogP contribution in [-0.2, 0) is 24.2 Å². The van der Waals surface area contributed by atoms with Gasteiger partial charge < -0.3 is 20.3 Å². The molecular formula is C22H31N7O2. The molecule has 2 unspecified atom stereocenters. The van der Waals surface area contributed by atoms with Gasteiger partial charge in [0.15, 0.2) is 11.8 Å². The van der Waals surface area contributed by atoms with Crippen LogP contribution in [0.3, 0.4) is 0 Å². The summed E-state index contributed by atoms with van der Waals surface area (Å²) < 4.78 is 7.78. The van der Waals surface area contributed by atoms with E-state index in [9.17, 15) is 4.79 Å². The molecular weight excluding hydrogens is 394 g/mol. The van der Waals surface area contributed by atoms with Crippen molar-refractivity contribution in [2.45, 2.75) is 51.2 Å². The first kappa shape index (κ1) is 21.1. The highest BCUT2D eigenvalue weighted by Gasteiger charge is 2.25. The molecule has 1 amide bonds. The maximum Gasteiger partial charge on any atom is 0.243 e. The minimum absolute atomic E-state index is 0.0386. The summed E-state index contributed by atoms with van der Waals surface area (Å²) in [4.78, 5) is 22.9. The summed E-state index contributed by atoms with van der Waals surface area (Å²) >= 11 is 0. The Hall–Kier alpha value is -3.10. The van der Waals surface area contributed by atoms with Crippen LogP contribution in [0.5, 0.6) is 5.75 Å². The number of nitrogens with one attached hydrogen (secondary N) is 2. The molecule has 2 aliphatic heterocycles. The summed E-state index contributed by atoms with van der Waals surface area (Å²) in [6.07, 6.45) is 3.47. The summed E-state index contributed by atoms with van der Waals surface area (Å²) in [5.41, 5.74) is 1.11. The molecule has 0 spiro atoms. The van der Waals surface area contributed by atoms with Crippen molar-refractivity contribution in [3.05, 3.63) is 41.5 Å². The minimum atomic E-state index is -0.0386. The SMILES string of the molecule is CCc1nc2n(n1)CC(NC(=NCC(=O)N(C)C)NC1CCOc3ccccc31)CC2. The van der Waals surface area contributed by atoms with Gasteiger partial charge in [0.05, 0.1) is 19.2 Å². The van der Waals surface area contributed by atoms with E-state index in [0.29, 0.717) is 12.6 Å². The first-order valence-corrected chi connectivity index (χ1v) is 11.0. The minimum Gasteiger partial charge on any atom is -0.493 e. The zero-order valence-corrected chi connectivity index (χ0v) is 18.5. The third-order valence-corrected chi connectivity index (χ3v) is 5.70. The summed E-state index contributed by atoms with van der Waals surface area (Å²) in [7, 11) is 3.48. The first-order chi connectivity index (χ1) is 15.0. The number of para-hydroxylation sites is 1. The van der Waals surface area contributed by atoms with Gasteiger partial charge in [0.2, 0.25) is 5.91 Å². The second-order valence-corrected chi connectivity index (χ2v) is 8.18. The maximum atomic E-state index is 12.2. The number of fused-ring (bicyclic) bond motifs is 2. The van der Waals surface area contributed by atoms with Crippen molar-refractivity contribution < 1.29 is 9.53 Å². The van der Waals surface area contributed by atoms with Crippen molar-refractivity contribution in [2.24, 2.45) is 4.99 Å². The van der Waals surface area contributed by atoms with Gasteiger partial charge in [-0.2, -0.15) is 5.10 Å². The lowest BCUT2D eigenvalue weighted by atomic mass is 10.0. The normalized spacial score (nSPS) is 20.3. The lowest BCUT2D eigenvalue weighted by Gasteiger charge is -2.30. The van der Waals surface area contributed by atoms with Crippen molar-refractivity contribution in [3.63, 3.8) is 0 Å². The molecule has 166 valence electrons. The number of hydrogen-bond donors (Lipinski definition) is 2. The Morgan fingerprint density at radius 1 is 1.29 bits per heavy atom. The van der Waals surface area contributed by atoms with Crippen molar-refractivity contribution in [1.29, 1.82) is 0 Å². The average molecular weight is 426 g/mol. The number of aromatic nitrogens is 3. The Morgan fingerprint density at radius 3 is 2.94 bits per heavy atom. The van der Waals surface area contributed by atoms with Crippen molar-refractivity contribution >= 4 is 11.9 Å². The van der Waals surface area contributed by atoms with Gasteiger partial charge in [-0.3, -0.25) is 4.79 Å². The third-order valence-electron chi connectivity index (χ3n) is 5.70. The number of aliphatic imine (C=N–C) groups is 1. The fourth-order valence-electron chi connectivity index (χ4n) is 3.90. The van der Waals surface area contributed by atoms with E-state index in [2.05, 4.69) is 38.7 Å². The Bertz CT molecular complexity index is 953. The largest absolute Gasteiger partial charge is 0.493 e. The molecule has 0 saturated carbocycles. The topological polar surface area (TPSA) is 96.7 Å². The molecule has 0 fully saturated rings. The number of hydrogen-bond acceptors (Lipinski definition) is 5. The number of nitrogens with zero attached hydrogens (tertiary/aromatic N) is 5. The zero-order chi connectivity index (χ0) is 21.8. The molecule has 4 rings (SSSR count). The van der Waals surface area contributed by atoms with Crippen LogP contribution >= 0.6 is 0 Å². The van der Waals surface area contributed by atoms with Crippen LogP contribution in [0.4, 0.5) is 0 Å². The number of carbonyl (C=O) groups is 1. The van der Waals surface area contributed by atoms with Crippen molar-refractivity contribution in [1.82, 2.24) is 30.3 Å². The van der Waals surface area contributed by atoms with Gasteiger partial charge in [-0.05, 0) is 12.5 Å². The summed E-state index contributed by atoms with van der Waals surface area (Å²) in [5, 5.41) is 11.7. The first-order valence-electron chi connectivity index (χ1n) is 11.0. The number of ether oxygens (including phenoxy) is 1. The number of aryl methyl sites for hydroxylation is 2. The number of carbonyl (C=O) groups excluding carboxylic acids is 1. The van der Waals surface area contributed by atoms with Crippen LogP contribution in [-0.4, -0.2) is 64.8 Å². The van der Waals surface area contributed by atoms with Gasteiger partial charge in [-0.15, -0.1) is 0 Å². The maximum absolute atomic E-state index is 12.2. The lowest BCUT2D eigenvalue weighted by molar-refractivity contribution is -0.127. The van der Waals surface area contributed by atoms with Gasteiger partial charge in [0.25, 0.3) is 0 Å². The van der Waals surface area contributed by atoms with Crippen LogP contribution in [0.1, 0.15) is 43.0 Å². The van der Waals surface area contributed by atoms with Crippen LogP contribution in [0, 0.1) is 0 Å². The van der Waals surface area contributed by atoms with Gasteiger partial charge in [-0.25, -0.2) is 14.7 Å².